The summed E-state index contributed by atoms with van der Waals surface area (Å²) in [5.74, 6) is -0.383. The number of benzene rings is 1. The summed E-state index contributed by atoms with van der Waals surface area (Å²) < 4.78 is 16.3. The van der Waals surface area contributed by atoms with Gasteiger partial charge in [-0.25, -0.2) is 9.37 Å². The number of hydrogen-bond donors (Lipinski definition) is 0. The molecule has 2 heterocycles. The number of Topliss-reactive ketones (excluding diaryl/α,β-unsaturated/α-hetero) is 1. The number of rotatable bonds is 6. The Hall–Kier alpha value is -2.98. The number of carbonyl (C=O) groups excluding carboxylic acids is 1. The van der Waals surface area contributed by atoms with Crippen molar-refractivity contribution in [3.8, 4) is 0 Å². The number of nitrogens with zero attached hydrogens (tertiary/aromatic N) is 2. The van der Waals surface area contributed by atoms with Crippen molar-refractivity contribution in [2.45, 2.75) is 27.3 Å². The van der Waals surface area contributed by atoms with Crippen molar-refractivity contribution in [1.82, 2.24) is 9.55 Å². The number of halogens is 2. The molecule has 0 aliphatic carbocycles. The predicted octanol–water partition coefficient (Wildman–Crippen LogP) is 6.38. The Bertz CT molecular complexity index is 1170. The van der Waals surface area contributed by atoms with Crippen LogP contribution in [0.1, 0.15) is 36.2 Å². The first kappa shape index (κ1) is 20.7. The van der Waals surface area contributed by atoms with Gasteiger partial charge in [0, 0.05) is 28.3 Å². The maximum atomic E-state index is 14.5. The molecular formula is C24H22ClFN2O. The maximum absolute atomic E-state index is 14.5. The highest BCUT2D eigenvalue weighted by molar-refractivity contribution is 6.31. The number of aromatic nitrogens is 2. The third-order valence-corrected chi connectivity index (χ3v) is 4.94. The normalized spacial score (nSPS) is 12.1. The van der Waals surface area contributed by atoms with E-state index in [4.69, 9.17) is 11.6 Å². The average molecular weight is 409 g/mol. The van der Waals surface area contributed by atoms with Gasteiger partial charge in [0.25, 0.3) is 0 Å². The van der Waals surface area contributed by atoms with Crippen LogP contribution in [0.15, 0.2) is 55.3 Å². The first-order valence-electron chi connectivity index (χ1n) is 9.26. The molecule has 3 rings (SSSR count). The Kier molecular flexibility index (Phi) is 6.14. The molecule has 0 bridgehead atoms. The molecule has 0 unspecified atom stereocenters. The van der Waals surface area contributed by atoms with E-state index in [9.17, 15) is 9.18 Å². The second kappa shape index (κ2) is 8.58. The Morgan fingerprint density at radius 3 is 2.76 bits per heavy atom. The number of hydrogen-bond acceptors (Lipinski definition) is 2. The molecule has 148 valence electrons. The highest BCUT2D eigenvalue weighted by atomic mass is 35.5. The zero-order chi connectivity index (χ0) is 21.1. The van der Waals surface area contributed by atoms with Gasteiger partial charge in [0.15, 0.2) is 5.78 Å². The molecule has 2 aromatic heterocycles. The van der Waals surface area contributed by atoms with Crippen LogP contribution in [0.3, 0.4) is 0 Å². The van der Waals surface area contributed by atoms with Crippen LogP contribution in [-0.2, 0) is 11.3 Å². The van der Waals surface area contributed by atoms with Crippen LogP contribution in [0, 0.1) is 12.7 Å². The summed E-state index contributed by atoms with van der Waals surface area (Å²) in [6.45, 7) is 9.52. The quantitative estimate of drug-likeness (QED) is 0.350. The van der Waals surface area contributed by atoms with Crippen LogP contribution in [0.4, 0.5) is 4.39 Å². The van der Waals surface area contributed by atoms with E-state index < -0.39 is 0 Å². The molecule has 0 aliphatic rings. The molecule has 1 aromatic carbocycles. The van der Waals surface area contributed by atoms with Crippen molar-refractivity contribution in [2.24, 2.45) is 0 Å². The number of carbonyl (C=O) groups is 1. The van der Waals surface area contributed by atoms with E-state index in [1.165, 1.54) is 13.0 Å². The van der Waals surface area contributed by atoms with Crippen LogP contribution >= 0.6 is 11.6 Å². The largest absolute Gasteiger partial charge is 0.321 e. The molecular weight excluding hydrogens is 387 g/mol. The number of aryl methyl sites for hydroxylation is 1. The van der Waals surface area contributed by atoms with Crippen molar-refractivity contribution >= 4 is 40.1 Å². The maximum Gasteiger partial charge on any atom is 0.160 e. The van der Waals surface area contributed by atoms with Crippen LogP contribution in [-0.4, -0.2) is 15.3 Å². The number of fused-ring (bicyclic) bond motifs is 1. The highest BCUT2D eigenvalue weighted by Crippen LogP contribution is 2.34. The minimum atomic E-state index is -0.292. The second-order valence-electron chi connectivity index (χ2n) is 6.83. The lowest BCUT2D eigenvalue weighted by Gasteiger charge is -2.11. The zero-order valence-electron chi connectivity index (χ0n) is 16.7. The van der Waals surface area contributed by atoms with Gasteiger partial charge in [-0.15, -0.1) is 0 Å². The van der Waals surface area contributed by atoms with E-state index in [1.807, 2.05) is 36.6 Å². The smallest absolute Gasteiger partial charge is 0.160 e. The predicted molar refractivity (Wildman–Crippen MR) is 119 cm³/mol. The van der Waals surface area contributed by atoms with Crippen molar-refractivity contribution < 1.29 is 9.18 Å². The molecule has 0 saturated carbocycles. The van der Waals surface area contributed by atoms with E-state index in [0.717, 1.165) is 10.9 Å². The Labute approximate surface area is 174 Å². The minimum Gasteiger partial charge on any atom is -0.321 e. The van der Waals surface area contributed by atoms with Crippen LogP contribution in [0.5, 0.6) is 0 Å². The van der Waals surface area contributed by atoms with Crippen LogP contribution in [0.2, 0.25) is 5.02 Å². The van der Waals surface area contributed by atoms with E-state index in [1.54, 1.807) is 30.5 Å². The summed E-state index contributed by atoms with van der Waals surface area (Å²) in [5, 5.41) is 1.19. The van der Waals surface area contributed by atoms with Gasteiger partial charge in [-0.2, -0.15) is 0 Å². The van der Waals surface area contributed by atoms with Gasteiger partial charge in [0.2, 0.25) is 0 Å². The van der Waals surface area contributed by atoms with E-state index in [2.05, 4.69) is 11.6 Å². The van der Waals surface area contributed by atoms with Gasteiger partial charge >= 0.3 is 0 Å². The minimum absolute atomic E-state index is 0.0908. The monoisotopic (exact) mass is 408 g/mol. The fourth-order valence-electron chi connectivity index (χ4n) is 3.44. The molecule has 0 fully saturated rings. The third kappa shape index (κ3) is 4.08. The standard InChI is InChI=1S/C24H22ClFN2O/c1-5-7-8-19(16(4)29)23-20-12-18(25)13-27-24(20)28(22(23)6-2)14-17-11-15(3)9-10-21(17)26/h5-13H,2,14H2,1,3-4H3/b7-5-,19-8+. The van der Waals surface area contributed by atoms with Gasteiger partial charge in [-0.05, 0) is 39.0 Å². The third-order valence-electron chi connectivity index (χ3n) is 4.73. The molecule has 29 heavy (non-hydrogen) atoms. The molecule has 0 radical (unpaired) electrons. The first-order chi connectivity index (χ1) is 13.9. The van der Waals surface area contributed by atoms with Gasteiger partial charge in [0.05, 0.1) is 17.3 Å². The van der Waals surface area contributed by atoms with Gasteiger partial charge in [-0.1, -0.05) is 54.1 Å². The summed E-state index contributed by atoms with van der Waals surface area (Å²) in [6, 6.07) is 6.78. The van der Waals surface area contributed by atoms with Crippen molar-refractivity contribution in [3.63, 3.8) is 0 Å². The van der Waals surface area contributed by atoms with E-state index in [-0.39, 0.29) is 18.1 Å². The number of pyridine rings is 1. The molecule has 0 aliphatic heterocycles. The summed E-state index contributed by atoms with van der Waals surface area (Å²) in [6.07, 6.45) is 8.65. The Balaban J connectivity index is 2.35. The Morgan fingerprint density at radius 1 is 1.34 bits per heavy atom. The van der Waals surface area contributed by atoms with E-state index in [0.29, 0.717) is 33.1 Å². The molecule has 5 heteroatoms. The topological polar surface area (TPSA) is 34.9 Å². The summed E-state index contributed by atoms with van der Waals surface area (Å²) in [7, 11) is 0. The number of allylic oxidation sites excluding steroid dienone is 4. The van der Waals surface area contributed by atoms with Gasteiger partial charge < -0.3 is 4.57 Å². The van der Waals surface area contributed by atoms with Crippen molar-refractivity contribution in [1.29, 1.82) is 0 Å². The van der Waals surface area contributed by atoms with Crippen LogP contribution in [0.25, 0.3) is 22.7 Å². The Morgan fingerprint density at radius 2 is 2.10 bits per heavy atom. The SMILES string of the molecule is C=Cc1c(/C(=C/C=C\C)C(C)=O)c2cc(Cl)cnc2n1Cc1cc(C)ccc1F. The molecule has 3 aromatic rings. The summed E-state index contributed by atoms with van der Waals surface area (Å²) in [5.41, 5.74) is 4.04. The molecule has 0 N–H and O–H groups in total. The van der Waals surface area contributed by atoms with Crippen molar-refractivity contribution in [2.75, 3.05) is 0 Å². The van der Waals surface area contributed by atoms with Crippen LogP contribution < -0.4 is 0 Å². The lowest BCUT2D eigenvalue weighted by Crippen LogP contribution is -2.06. The summed E-state index contributed by atoms with van der Waals surface area (Å²) >= 11 is 6.21. The molecule has 0 atom stereocenters. The van der Waals surface area contributed by atoms with Gasteiger partial charge in [-0.3, -0.25) is 4.79 Å². The average Bonchev–Trinajstić information content (AvgIpc) is 2.97. The highest BCUT2D eigenvalue weighted by Gasteiger charge is 2.22. The molecule has 3 nitrogen and oxygen atoms in total. The second-order valence-corrected chi connectivity index (χ2v) is 7.27. The number of ketones is 1. The molecule has 0 saturated heterocycles. The lowest BCUT2D eigenvalue weighted by molar-refractivity contribution is -0.111. The fraction of sp³-hybridized carbons (Fsp3) is 0.167. The van der Waals surface area contributed by atoms with Crippen molar-refractivity contribution in [3.05, 3.63) is 88.5 Å². The van der Waals surface area contributed by atoms with E-state index >= 15 is 0 Å². The molecule has 0 spiro atoms. The molecule has 0 amide bonds. The fourth-order valence-corrected chi connectivity index (χ4v) is 3.60. The zero-order valence-corrected chi connectivity index (χ0v) is 17.4. The lowest BCUT2D eigenvalue weighted by atomic mass is 9.99. The van der Waals surface area contributed by atoms with Gasteiger partial charge in [0.1, 0.15) is 11.5 Å². The first-order valence-corrected chi connectivity index (χ1v) is 9.64. The summed E-state index contributed by atoms with van der Waals surface area (Å²) in [4.78, 5) is 16.9.